The zero-order valence-electron chi connectivity index (χ0n) is 12.6. The topological polar surface area (TPSA) is 87.3 Å². The fraction of sp³-hybridized carbons (Fsp3) is 0.133. The van der Waals surface area contributed by atoms with E-state index >= 15 is 0 Å². The number of carbonyl (C=O) groups is 1. The molecule has 3 N–H and O–H groups in total. The maximum absolute atomic E-state index is 12.0. The van der Waals surface area contributed by atoms with Gasteiger partial charge in [-0.3, -0.25) is 4.72 Å². The maximum atomic E-state index is 12.0. The molecule has 0 aliphatic carbocycles. The van der Waals surface area contributed by atoms with E-state index < -0.39 is 16.1 Å². The molecule has 0 unspecified atom stereocenters. The number of urea groups is 1. The molecule has 0 aromatic heterocycles. The fourth-order valence-corrected chi connectivity index (χ4v) is 2.60. The third-order valence-electron chi connectivity index (χ3n) is 2.96. The van der Waals surface area contributed by atoms with Gasteiger partial charge in [-0.15, -0.1) is 0 Å². The number of halogens is 1. The Labute approximate surface area is 139 Å². The van der Waals surface area contributed by atoms with E-state index in [0.717, 1.165) is 11.8 Å². The minimum atomic E-state index is -3.32. The molecular formula is C15H16ClN3O3S. The zero-order chi connectivity index (χ0) is 17.0. The number of nitrogens with one attached hydrogen (secondary N) is 3. The van der Waals surface area contributed by atoms with Crippen LogP contribution in [0.5, 0.6) is 0 Å². The van der Waals surface area contributed by atoms with Crippen molar-refractivity contribution in [3.8, 4) is 0 Å². The number of benzene rings is 2. The van der Waals surface area contributed by atoms with E-state index in [1.807, 2.05) is 6.92 Å². The smallest absolute Gasteiger partial charge is 0.308 e. The van der Waals surface area contributed by atoms with Crippen molar-refractivity contribution in [1.82, 2.24) is 0 Å². The second-order valence-corrected chi connectivity index (χ2v) is 7.10. The summed E-state index contributed by atoms with van der Waals surface area (Å²) in [7, 11) is -3.32. The first kappa shape index (κ1) is 17.1. The lowest BCUT2D eigenvalue weighted by Crippen LogP contribution is -2.20. The minimum Gasteiger partial charge on any atom is -0.308 e. The molecule has 8 heteroatoms. The molecule has 2 aromatic rings. The summed E-state index contributed by atoms with van der Waals surface area (Å²) in [5, 5.41) is 5.93. The van der Waals surface area contributed by atoms with Crippen molar-refractivity contribution in [3.63, 3.8) is 0 Å². The Balaban J connectivity index is 2.02. The van der Waals surface area contributed by atoms with Crippen LogP contribution in [0.4, 0.5) is 21.9 Å². The molecule has 0 fully saturated rings. The van der Waals surface area contributed by atoms with Gasteiger partial charge in [0.1, 0.15) is 0 Å². The van der Waals surface area contributed by atoms with E-state index in [-0.39, 0.29) is 0 Å². The summed E-state index contributed by atoms with van der Waals surface area (Å²) >= 11 is 6.00. The van der Waals surface area contributed by atoms with Gasteiger partial charge in [0.05, 0.1) is 6.26 Å². The summed E-state index contributed by atoms with van der Waals surface area (Å²) in [6.07, 6.45) is 1.07. The van der Waals surface area contributed by atoms with Crippen molar-refractivity contribution >= 4 is 44.7 Å². The summed E-state index contributed by atoms with van der Waals surface area (Å²) < 4.78 is 24.6. The molecule has 0 heterocycles. The minimum absolute atomic E-state index is 0.417. The Morgan fingerprint density at radius 3 is 2.22 bits per heavy atom. The summed E-state index contributed by atoms with van der Waals surface area (Å²) in [5.74, 6) is 0. The lowest BCUT2D eigenvalue weighted by atomic mass is 10.2. The van der Waals surface area contributed by atoms with Gasteiger partial charge >= 0.3 is 6.03 Å². The number of hydrogen-bond acceptors (Lipinski definition) is 3. The normalized spacial score (nSPS) is 10.9. The second-order valence-electron chi connectivity index (χ2n) is 4.94. The van der Waals surface area contributed by atoms with Crippen molar-refractivity contribution in [2.75, 3.05) is 21.6 Å². The molecule has 23 heavy (non-hydrogen) atoms. The van der Waals surface area contributed by atoms with Crippen LogP contribution in [0.25, 0.3) is 0 Å². The Morgan fingerprint density at radius 1 is 1.00 bits per heavy atom. The second kappa shape index (κ2) is 6.89. The first-order chi connectivity index (χ1) is 10.7. The molecule has 6 nitrogen and oxygen atoms in total. The molecule has 0 bridgehead atoms. The molecule has 122 valence electrons. The Bertz CT molecular complexity index is 820. The van der Waals surface area contributed by atoms with Crippen molar-refractivity contribution < 1.29 is 13.2 Å². The van der Waals surface area contributed by atoms with Crippen LogP contribution >= 0.6 is 11.6 Å². The third kappa shape index (κ3) is 5.15. The SMILES string of the molecule is Cc1c(Cl)cccc1NC(=O)Nc1ccc(NS(C)(=O)=O)cc1. The van der Waals surface area contributed by atoms with Gasteiger partial charge in [0.25, 0.3) is 0 Å². The largest absolute Gasteiger partial charge is 0.323 e. The van der Waals surface area contributed by atoms with Crippen LogP contribution in [0, 0.1) is 6.92 Å². The van der Waals surface area contributed by atoms with Gasteiger partial charge in [-0.05, 0) is 48.9 Å². The van der Waals surface area contributed by atoms with E-state index in [4.69, 9.17) is 11.6 Å². The molecule has 0 aliphatic rings. The van der Waals surface area contributed by atoms with Crippen LogP contribution in [0.2, 0.25) is 5.02 Å². The highest BCUT2D eigenvalue weighted by Crippen LogP contribution is 2.23. The number of sulfonamides is 1. The molecule has 2 rings (SSSR count). The van der Waals surface area contributed by atoms with Crippen molar-refractivity contribution in [2.24, 2.45) is 0 Å². The van der Waals surface area contributed by atoms with Crippen LogP contribution in [-0.4, -0.2) is 20.7 Å². The molecule has 2 aromatic carbocycles. The van der Waals surface area contributed by atoms with Gasteiger partial charge in [-0.1, -0.05) is 17.7 Å². The number of amides is 2. The summed E-state index contributed by atoms with van der Waals surface area (Å²) in [6.45, 7) is 1.81. The van der Waals surface area contributed by atoms with Crippen LogP contribution in [0.1, 0.15) is 5.56 Å². The molecule has 0 aliphatic heterocycles. The van der Waals surface area contributed by atoms with Crippen molar-refractivity contribution in [3.05, 3.63) is 53.1 Å². The molecule has 0 saturated carbocycles. The molecule has 2 amide bonds. The summed E-state index contributed by atoms with van der Waals surface area (Å²) in [4.78, 5) is 12.0. The van der Waals surface area contributed by atoms with Gasteiger partial charge in [0, 0.05) is 22.1 Å². The lowest BCUT2D eigenvalue weighted by Gasteiger charge is -2.11. The van der Waals surface area contributed by atoms with Gasteiger partial charge in [0.2, 0.25) is 10.0 Å². The number of hydrogen-bond donors (Lipinski definition) is 3. The van der Waals surface area contributed by atoms with E-state index in [0.29, 0.717) is 22.1 Å². The third-order valence-corrected chi connectivity index (χ3v) is 3.98. The highest BCUT2D eigenvalue weighted by molar-refractivity contribution is 7.92. The predicted molar refractivity (Wildman–Crippen MR) is 93.7 cm³/mol. The van der Waals surface area contributed by atoms with E-state index in [1.165, 1.54) is 0 Å². The summed E-state index contributed by atoms with van der Waals surface area (Å²) in [5.41, 5.74) is 2.34. The highest BCUT2D eigenvalue weighted by Gasteiger charge is 2.07. The maximum Gasteiger partial charge on any atom is 0.323 e. The van der Waals surface area contributed by atoms with Gasteiger partial charge in [-0.25, -0.2) is 13.2 Å². The number of anilines is 3. The average molecular weight is 354 g/mol. The van der Waals surface area contributed by atoms with Gasteiger partial charge in [0.15, 0.2) is 0 Å². The first-order valence-electron chi connectivity index (χ1n) is 6.65. The van der Waals surface area contributed by atoms with Crippen molar-refractivity contribution in [2.45, 2.75) is 6.92 Å². The fourth-order valence-electron chi connectivity index (χ4n) is 1.86. The van der Waals surface area contributed by atoms with Crippen LogP contribution in [0.15, 0.2) is 42.5 Å². The number of rotatable bonds is 4. The van der Waals surface area contributed by atoms with Crippen LogP contribution < -0.4 is 15.4 Å². The van der Waals surface area contributed by atoms with Crippen molar-refractivity contribution in [1.29, 1.82) is 0 Å². The monoisotopic (exact) mass is 353 g/mol. The predicted octanol–water partition coefficient (Wildman–Crippen LogP) is 3.66. The molecule has 0 atom stereocenters. The summed E-state index contributed by atoms with van der Waals surface area (Å²) in [6, 6.07) is 11.1. The lowest BCUT2D eigenvalue weighted by molar-refractivity contribution is 0.262. The average Bonchev–Trinajstić information content (AvgIpc) is 2.44. The molecular weight excluding hydrogens is 338 g/mol. The molecule has 0 radical (unpaired) electrons. The highest BCUT2D eigenvalue weighted by atomic mass is 35.5. The number of carbonyl (C=O) groups excluding carboxylic acids is 1. The zero-order valence-corrected chi connectivity index (χ0v) is 14.1. The first-order valence-corrected chi connectivity index (χ1v) is 8.92. The van der Waals surface area contributed by atoms with E-state index in [9.17, 15) is 13.2 Å². The Morgan fingerprint density at radius 2 is 1.61 bits per heavy atom. The quantitative estimate of drug-likeness (QED) is 0.783. The standard InChI is InChI=1S/C15H16ClN3O3S/c1-10-13(16)4-3-5-14(10)18-15(20)17-11-6-8-12(9-7-11)19-23(2,21)22/h3-9,19H,1-2H3,(H2,17,18,20). The van der Waals surface area contributed by atoms with Crippen LogP contribution in [-0.2, 0) is 10.0 Å². The molecule has 0 saturated heterocycles. The van der Waals surface area contributed by atoms with Gasteiger partial charge < -0.3 is 10.6 Å². The van der Waals surface area contributed by atoms with Crippen LogP contribution in [0.3, 0.4) is 0 Å². The Kier molecular flexibility index (Phi) is 5.12. The van der Waals surface area contributed by atoms with Gasteiger partial charge in [-0.2, -0.15) is 0 Å². The Hall–Kier alpha value is -2.25. The molecule has 0 spiro atoms. The van der Waals surface area contributed by atoms with E-state index in [2.05, 4.69) is 15.4 Å². The van der Waals surface area contributed by atoms with E-state index in [1.54, 1.807) is 42.5 Å².